The molecule has 5 heteroatoms. The summed E-state index contributed by atoms with van der Waals surface area (Å²) >= 11 is 0. The van der Waals surface area contributed by atoms with E-state index in [0.717, 1.165) is 32.7 Å². The van der Waals surface area contributed by atoms with E-state index in [9.17, 15) is 18.4 Å². The highest BCUT2D eigenvalue weighted by molar-refractivity contribution is 6.09. The smallest absolute Gasteiger partial charge is 0.367 e. The van der Waals surface area contributed by atoms with Gasteiger partial charge in [0.15, 0.2) is 0 Å². The molecule has 0 spiro atoms. The lowest BCUT2D eigenvalue weighted by molar-refractivity contribution is -0.176. The van der Waals surface area contributed by atoms with Crippen molar-refractivity contribution in [3.8, 4) is 6.07 Å². The predicted octanol–water partition coefficient (Wildman–Crippen LogP) is 6.53. The molecule has 0 amide bonds. The molecule has 0 fully saturated rings. The highest BCUT2D eigenvalue weighted by Crippen LogP contribution is 2.31. The van der Waals surface area contributed by atoms with Crippen LogP contribution < -0.4 is 0 Å². The molecule has 0 saturated carbocycles. The van der Waals surface area contributed by atoms with Gasteiger partial charge in [0.05, 0.1) is 18.2 Å². The fourth-order valence-corrected chi connectivity index (χ4v) is 3.73. The molecule has 0 atom stereocenters. The normalized spacial score (nSPS) is 11.7. The van der Waals surface area contributed by atoms with Gasteiger partial charge in [0, 0.05) is 0 Å². The van der Waals surface area contributed by atoms with Crippen LogP contribution in [0.5, 0.6) is 0 Å². The predicted molar refractivity (Wildman–Crippen MR) is 111 cm³/mol. The first-order valence-electron chi connectivity index (χ1n) is 9.50. The van der Waals surface area contributed by atoms with Crippen molar-refractivity contribution in [3.63, 3.8) is 0 Å². The minimum absolute atomic E-state index is 0.0971. The molecule has 4 rings (SSSR count). The van der Waals surface area contributed by atoms with Gasteiger partial charge in [-0.05, 0) is 56.8 Å². The molecular weight excluding hydrogens is 387 g/mol. The van der Waals surface area contributed by atoms with Crippen LogP contribution in [0.25, 0.3) is 21.5 Å². The van der Waals surface area contributed by atoms with Crippen LogP contribution in [-0.4, -0.2) is 12.8 Å². The van der Waals surface area contributed by atoms with Crippen molar-refractivity contribution in [2.24, 2.45) is 0 Å². The van der Waals surface area contributed by atoms with Gasteiger partial charge in [0.25, 0.3) is 0 Å². The minimum atomic E-state index is -4.33. The highest BCUT2D eigenvalue weighted by Gasteiger charge is 2.27. The van der Waals surface area contributed by atoms with E-state index in [1.807, 2.05) is 66.7 Å². The lowest BCUT2D eigenvalue weighted by Crippen LogP contribution is -2.16. The second-order valence-corrected chi connectivity index (χ2v) is 7.19. The second kappa shape index (κ2) is 8.17. The third kappa shape index (κ3) is 4.29. The fraction of sp³-hybridized carbons (Fsp3) is 0.160. The van der Waals surface area contributed by atoms with Crippen LogP contribution in [0.4, 0.5) is 13.2 Å². The second-order valence-electron chi connectivity index (χ2n) is 7.19. The van der Waals surface area contributed by atoms with Gasteiger partial charge in [-0.3, -0.25) is 0 Å². The number of ether oxygens (including phenoxy) is 1. The van der Waals surface area contributed by atoms with Crippen LogP contribution in [0.15, 0.2) is 72.8 Å². The van der Waals surface area contributed by atoms with Gasteiger partial charge < -0.3 is 4.74 Å². The molecule has 2 nitrogen and oxygen atoms in total. The Morgan fingerprint density at radius 1 is 0.800 bits per heavy atom. The average molecular weight is 405 g/mol. The topological polar surface area (TPSA) is 33.0 Å². The van der Waals surface area contributed by atoms with Gasteiger partial charge in [-0.15, -0.1) is 0 Å². The molecule has 0 N–H and O–H groups in total. The van der Waals surface area contributed by atoms with E-state index in [2.05, 4.69) is 6.07 Å². The Balaban J connectivity index is 1.73. The Kier molecular flexibility index (Phi) is 5.43. The molecule has 0 radical (unpaired) electrons. The lowest BCUT2D eigenvalue weighted by Gasteiger charge is -2.13. The van der Waals surface area contributed by atoms with Gasteiger partial charge in [-0.1, -0.05) is 60.7 Å². The van der Waals surface area contributed by atoms with Crippen LogP contribution in [0, 0.1) is 11.3 Å². The van der Waals surface area contributed by atoms with E-state index in [-0.39, 0.29) is 6.61 Å². The number of rotatable bonds is 5. The maximum absolute atomic E-state index is 12.3. The van der Waals surface area contributed by atoms with Gasteiger partial charge >= 0.3 is 6.18 Å². The van der Waals surface area contributed by atoms with Crippen LogP contribution in [-0.2, 0) is 17.8 Å². The first-order valence-corrected chi connectivity index (χ1v) is 9.50. The van der Waals surface area contributed by atoms with E-state index in [1.165, 1.54) is 0 Å². The lowest BCUT2D eigenvalue weighted by atomic mass is 9.91. The first kappa shape index (κ1) is 19.9. The van der Waals surface area contributed by atoms with Crippen molar-refractivity contribution in [1.29, 1.82) is 5.26 Å². The maximum Gasteiger partial charge on any atom is 0.411 e. The third-order valence-corrected chi connectivity index (χ3v) is 5.07. The van der Waals surface area contributed by atoms with Gasteiger partial charge in [-0.25, -0.2) is 0 Å². The Hall–Kier alpha value is -3.36. The molecule has 0 aromatic heterocycles. The van der Waals surface area contributed by atoms with Crippen molar-refractivity contribution in [2.75, 3.05) is 6.61 Å². The molecule has 0 aliphatic carbocycles. The summed E-state index contributed by atoms with van der Waals surface area (Å²) in [4.78, 5) is 0. The summed E-state index contributed by atoms with van der Waals surface area (Å²) in [5.41, 5.74) is 3.42. The zero-order valence-corrected chi connectivity index (χ0v) is 16.0. The van der Waals surface area contributed by atoms with Crippen molar-refractivity contribution in [3.05, 3.63) is 95.1 Å². The molecule has 0 saturated heterocycles. The molecule has 4 aromatic carbocycles. The van der Waals surface area contributed by atoms with Crippen LogP contribution in [0.3, 0.4) is 0 Å². The Bertz CT molecular complexity index is 1240. The first-order chi connectivity index (χ1) is 14.4. The quantitative estimate of drug-likeness (QED) is 0.354. The van der Waals surface area contributed by atoms with Crippen LogP contribution in [0.1, 0.15) is 22.3 Å². The zero-order chi connectivity index (χ0) is 21.1. The average Bonchev–Trinajstić information content (AvgIpc) is 2.73. The summed E-state index contributed by atoms with van der Waals surface area (Å²) < 4.78 is 41.7. The summed E-state index contributed by atoms with van der Waals surface area (Å²) in [7, 11) is 0. The number of fused-ring (bicyclic) bond motifs is 3. The summed E-state index contributed by atoms with van der Waals surface area (Å²) in [5.74, 6) is 0. The number of hydrogen-bond acceptors (Lipinski definition) is 2. The number of alkyl halides is 3. The number of hydrogen-bond donors (Lipinski definition) is 0. The molecule has 150 valence electrons. The zero-order valence-electron chi connectivity index (χ0n) is 16.0. The third-order valence-electron chi connectivity index (χ3n) is 5.07. The standard InChI is InChI=1S/C25H18F3NO/c26-25(27,28)16-30-15-18-6-9-21-19(12-18)7-10-23-22(21)11-8-20(14-29)24(23)13-17-4-2-1-3-5-17/h1-12H,13,15-16H2. The van der Waals surface area contributed by atoms with Crippen molar-refractivity contribution < 1.29 is 17.9 Å². The van der Waals surface area contributed by atoms with Crippen molar-refractivity contribution in [2.45, 2.75) is 19.2 Å². The fourth-order valence-electron chi connectivity index (χ4n) is 3.73. The Morgan fingerprint density at radius 2 is 1.53 bits per heavy atom. The minimum Gasteiger partial charge on any atom is -0.367 e. The maximum atomic E-state index is 12.3. The Labute approximate surface area is 172 Å². The van der Waals surface area contributed by atoms with Crippen LogP contribution in [0.2, 0.25) is 0 Å². The summed E-state index contributed by atoms with van der Waals surface area (Å²) in [5, 5.41) is 13.5. The molecule has 0 unspecified atom stereocenters. The van der Waals surface area contributed by atoms with Gasteiger partial charge in [0.1, 0.15) is 6.61 Å². The molecule has 0 bridgehead atoms. The molecule has 0 aliphatic heterocycles. The number of benzene rings is 4. The molecule has 30 heavy (non-hydrogen) atoms. The van der Waals surface area contributed by atoms with E-state index in [1.54, 1.807) is 6.07 Å². The van der Waals surface area contributed by atoms with E-state index in [0.29, 0.717) is 17.5 Å². The largest absolute Gasteiger partial charge is 0.411 e. The SMILES string of the molecule is N#Cc1ccc2c(ccc3cc(COCC(F)(F)F)ccc32)c1Cc1ccccc1. The van der Waals surface area contributed by atoms with Gasteiger partial charge in [-0.2, -0.15) is 18.4 Å². The number of nitrogens with zero attached hydrogens (tertiary/aromatic N) is 1. The summed E-state index contributed by atoms with van der Waals surface area (Å²) in [6.45, 7) is -1.36. The van der Waals surface area contributed by atoms with Crippen LogP contribution >= 0.6 is 0 Å². The molecular formula is C25H18F3NO. The van der Waals surface area contributed by atoms with Crippen molar-refractivity contribution >= 4 is 21.5 Å². The molecule has 0 aliphatic rings. The Morgan fingerprint density at radius 3 is 2.27 bits per heavy atom. The van der Waals surface area contributed by atoms with E-state index < -0.39 is 12.8 Å². The summed E-state index contributed by atoms with van der Waals surface area (Å²) in [6.07, 6.45) is -3.68. The highest BCUT2D eigenvalue weighted by atomic mass is 19.4. The van der Waals surface area contributed by atoms with Gasteiger partial charge in [0.2, 0.25) is 0 Å². The van der Waals surface area contributed by atoms with E-state index in [4.69, 9.17) is 4.74 Å². The number of halogens is 3. The van der Waals surface area contributed by atoms with Crippen molar-refractivity contribution in [1.82, 2.24) is 0 Å². The number of nitriles is 1. The molecule has 0 heterocycles. The van der Waals surface area contributed by atoms with E-state index >= 15 is 0 Å². The molecule has 4 aromatic rings. The summed E-state index contributed by atoms with van der Waals surface area (Å²) in [6, 6.07) is 25.5. The monoisotopic (exact) mass is 405 g/mol.